The molecule has 8 heteroatoms. The Morgan fingerprint density at radius 3 is 2.76 bits per heavy atom. The topological polar surface area (TPSA) is 126 Å². The molecule has 1 aromatic heterocycles. The van der Waals surface area contributed by atoms with E-state index in [9.17, 15) is 4.79 Å². The molecule has 0 aromatic carbocycles. The number of aromatic nitrogens is 3. The maximum Gasteiger partial charge on any atom is 0.274 e. The second kappa shape index (κ2) is 5.71. The van der Waals surface area contributed by atoms with Crippen molar-refractivity contribution in [1.29, 1.82) is 0 Å². The first-order valence-corrected chi connectivity index (χ1v) is 5.19. The number of nitrogens with two attached hydrogens (primary N) is 1. The van der Waals surface area contributed by atoms with E-state index in [2.05, 4.69) is 15.6 Å². The van der Waals surface area contributed by atoms with E-state index in [0.717, 1.165) is 0 Å². The molecule has 1 amide bonds. The van der Waals surface area contributed by atoms with E-state index in [1.54, 1.807) is 0 Å². The molecule has 0 aliphatic heterocycles. The van der Waals surface area contributed by atoms with Crippen molar-refractivity contribution >= 4 is 5.91 Å². The first kappa shape index (κ1) is 13.6. The van der Waals surface area contributed by atoms with E-state index in [1.807, 2.05) is 0 Å². The lowest BCUT2D eigenvalue weighted by Gasteiger charge is -2.25. The molecule has 1 heterocycles. The third-order valence-corrected chi connectivity index (χ3v) is 2.24. The highest BCUT2D eigenvalue weighted by Gasteiger charge is 2.26. The zero-order valence-corrected chi connectivity index (χ0v) is 9.63. The van der Waals surface area contributed by atoms with Gasteiger partial charge in [-0.25, -0.2) is 0 Å². The SMILES string of the molecule is CC(CO)(CO)NC(=O)c1cn(CCN)nn1. The molecule has 0 radical (unpaired) electrons. The normalized spacial score (nSPS) is 11.5. The van der Waals surface area contributed by atoms with Crippen molar-refractivity contribution in [2.24, 2.45) is 5.73 Å². The summed E-state index contributed by atoms with van der Waals surface area (Å²) in [6, 6.07) is 0. The minimum Gasteiger partial charge on any atom is -0.394 e. The average molecular weight is 243 g/mol. The molecule has 96 valence electrons. The van der Waals surface area contributed by atoms with Crippen LogP contribution in [0.4, 0.5) is 0 Å². The molecular formula is C9H17N5O3. The molecule has 8 nitrogen and oxygen atoms in total. The molecule has 0 aliphatic rings. The zero-order valence-electron chi connectivity index (χ0n) is 9.63. The van der Waals surface area contributed by atoms with Gasteiger partial charge in [-0.2, -0.15) is 0 Å². The number of carbonyl (C=O) groups excluding carboxylic acids is 1. The van der Waals surface area contributed by atoms with Crippen molar-refractivity contribution in [1.82, 2.24) is 20.3 Å². The lowest BCUT2D eigenvalue weighted by atomic mass is 10.1. The molecule has 1 aromatic rings. The molecular weight excluding hydrogens is 226 g/mol. The molecule has 0 fully saturated rings. The van der Waals surface area contributed by atoms with Crippen LogP contribution in [0.5, 0.6) is 0 Å². The van der Waals surface area contributed by atoms with Gasteiger partial charge in [0.05, 0.1) is 31.5 Å². The lowest BCUT2D eigenvalue weighted by molar-refractivity contribution is 0.0719. The Balaban J connectivity index is 2.69. The molecule has 0 saturated carbocycles. The maximum absolute atomic E-state index is 11.7. The predicted molar refractivity (Wildman–Crippen MR) is 59.1 cm³/mol. The quantitative estimate of drug-likeness (QED) is 0.445. The van der Waals surface area contributed by atoms with E-state index >= 15 is 0 Å². The van der Waals surface area contributed by atoms with Gasteiger partial charge in [0.25, 0.3) is 5.91 Å². The molecule has 0 spiro atoms. The van der Waals surface area contributed by atoms with Crippen LogP contribution >= 0.6 is 0 Å². The fourth-order valence-corrected chi connectivity index (χ4v) is 1.11. The molecule has 0 bridgehead atoms. The van der Waals surface area contributed by atoms with Gasteiger partial charge in [0.1, 0.15) is 0 Å². The van der Waals surface area contributed by atoms with E-state index < -0.39 is 11.4 Å². The third kappa shape index (κ3) is 3.48. The molecule has 17 heavy (non-hydrogen) atoms. The molecule has 1 rings (SSSR count). The van der Waals surface area contributed by atoms with Gasteiger partial charge in [0.15, 0.2) is 5.69 Å². The van der Waals surface area contributed by atoms with Crippen molar-refractivity contribution in [3.8, 4) is 0 Å². The first-order valence-electron chi connectivity index (χ1n) is 5.19. The Morgan fingerprint density at radius 2 is 2.24 bits per heavy atom. The molecule has 0 unspecified atom stereocenters. The first-order chi connectivity index (χ1) is 8.04. The van der Waals surface area contributed by atoms with Gasteiger partial charge in [0, 0.05) is 6.54 Å². The van der Waals surface area contributed by atoms with Crippen LogP contribution in [0.15, 0.2) is 6.20 Å². The number of carbonyl (C=O) groups is 1. The Bertz CT molecular complexity index is 374. The largest absolute Gasteiger partial charge is 0.394 e. The Kier molecular flexibility index (Phi) is 4.55. The van der Waals surface area contributed by atoms with Gasteiger partial charge in [-0.15, -0.1) is 5.10 Å². The van der Waals surface area contributed by atoms with E-state index in [4.69, 9.17) is 15.9 Å². The van der Waals surface area contributed by atoms with Gasteiger partial charge in [-0.05, 0) is 6.92 Å². The van der Waals surface area contributed by atoms with Crippen LogP contribution < -0.4 is 11.1 Å². The average Bonchev–Trinajstić information content (AvgIpc) is 2.78. The standard InChI is InChI=1S/C9H17N5O3/c1-9(5-15,6-16)11-8(17)7-4-14(3-2-10)13-12-7/h4,15-16H,2-3,5-6,10H2,1H3,(H,11,17). The summed E-state index contributed by atoms with van der Waals surface area (Å²) in [5, 5.41) is 27.9. The van der Waals surface area contributed by atoms with Crippen molar-refractivity contribution < 1.29 is 15.0 Å². The van der Waals surface area contributed by atoms with E-state index in [0.29, 0.717) is 13.1 Å². The Labute approximate surface area is 98.4 Å². The zero-order chi connectivity index (χ0) is 12.9. The summed E-state index contributed by atoms with van der Waals surface area (Å²) in [7, 11) is 0. The predicted octanol–water partition coefficient (Wildman–Crippen LogP) is -2.29. The van der Waals surface area contributed by atoms with Crippen LogP contribution in [-0.4, -0.2) is 56.4 Å². The highest BCUT2D eigenvalue weighted by molar-refractivity contribution is 5.92. The molecule has 0 saturated heterocycles. The number of nitrogens with one attached hydrogen (secondary N) is 1. The Morgan fingerprint density at radius 1 is 1.59 bits per heavy atom. The van der Waals surface area contributed by atoms with Crippen molar-refractivity contribution in [2.75, 3.05) is 19.8 Å². The number of aliphatic hydroxyl groups excluding tert-OH is 2. The van der Waals surface area contributed by atoms with Crippen LogP contribution in [-0.2, 0) is 6.54 Å². The Hall–Kier alpha value is -1.51. The summed E-state index contributed by atoms with van der Waals surface area (Å²) in [4.78, 5) is 11.7. The summed E-state index contributed by atoms with van der Waals surface area (Å²) in [5.74, 6) is -0.501. The molecule has 0 atom stereocenters. The smallest absolute Gasteiger partial charge is 0.274 e. The second-order valence-electron chi connectivity index (χ2n) is 3.99. The van der Waals surface area contributed by atoms with Gasteiger partial charge < -0.3 is 21.3 Å². The van der Waals surface area contributed by atoms with Gasteiger partial charge in [-0.1, -0.05) is 5.21 Å². The summed E-state index contributed by atoms with van der Waals surface area (Å²) < 4.78 is 1.45. The highest BCUT2D eigenvalue weighted by Crippen LogP contribution is 2.03. The van der Waals surface area contributed by atoms with Crippen LogP contribution in [0.3, 0.4) is 0 Å². The van der Waals surface area contributed by atoms with Gasteiger partial charge >= 0.3 is 0 Å². The van der Waals surface area contributed by atoms with E-state index in [-0.39, 0.29) is 18.9 Å². The number of amides is 1. The number of rotatable bonds is 6. The van der Waals surface area contributed by atoms with Crippen molar-refractivity contribution in [2.45, 2.75) is 19.0 Å². The number of hydrogen-bond donors (Lipinski definition) is 4. The molecule has 0 aliphatic carbocycles. The number of aliphatic hydroxyl groups is 2. The fraction of sp³-hybridized carbons (Fsp3) is 0.667. The second-order valence-corrected chi connectivity index (χ2v) is 3.99. The summed E-state index contributed by atoms with van der Waals surface area (Å²) in [6.07, 6.45) is 1.46. The summed E-state index contributed by atoms with van der Waals surface area (Å²) in [5.41, 5.74) is 4.38. The minimum atomic E-state index is -1.07. The number of nitrogens with zero attached hydrogens (tertiary/aromatic N) is 3. The summed E-state index contributed by atoms with van der Waals surface area (Å²) >= 11 is 0. The van der Waals surface area contributed by atoms with Crippen molar-refractivity contribution in [3.05, 3.63) is 11.9 Å². The van der Waals surface area contributed by atoms with Gasteiger partial charge in [-0.3, -0.25) is 9.48 Å². The van der Waals surface area contributed by atoms with Crippen LogP contribution in [0.25, 0.3) is 0 Å². The lowest BCUT2D eigenvalue weighted by Crippen LogP contribution is -2.51. The van der Waals surface area contributed by atoms with Crippen LogP contribution in [0, 0.1) is 0 Å². The third-order valence-electron chi connectivity index (χ3n) is 2.24. The number of hydrogen-bond acceptors (Lipinski definition) is 6. The molecule has 5 N–H and O–H groups in total. The minimum absolute atomic E-state index is 0.117. The van der Waals surface area contributed by atoms with Crippen molar-refractivity contribution in [3.63, 3.8) is 0 Å². The maximum atomic E-state index is 11.7. The fourth-order valence-electron chi connectivity index (χ4n) is 1.11. The highest BCUT2D eigenvalue weighted by atomic mass is 16.3. The van der Waals surface area contributed by atoms with Gasteiger partial charge in [0.2, 0.25) is 0 Å². The van der Waals surface area contributed by atoms with E-state index in [1.165, 1.54) is 17.8 Å². The van der Waals surface area contributed by atoms with Crippen LogP contribution in [0.1, 0.15) is 17.4 Å². The van der Waals surface area contributed by atoms with Crippen LogP contribution in [0.2, 0.25) is 0 Å². The summed E-state index contributed by atoms with van der Waals surface area (Å²) in [6.45, 7) is 1.65. The monoisotopic (exact) mass is 243 g/mol.